The highest BCUT2D eigenvalue weighted by molar-refractivity contribution is 5.93. The van der Waals surface area contributed by atoms with Crippen molar-refractivity contribution in [3.05, 3.63) is 53.9 Å². The average Bonchev–Trinajstić information content (AvgIpc) is 3.10. The maximum absolute atomic E-state index is 12.8. The molecule has 0 atom stereocenters. The second-order valence-electron chi connectivity index (χ2n) is 7.25. The lowest BCUT2D eigenvalue weighted by atomic mass is 10.0. The van der Waals surface area contributed by atoms with E-state index in [2.05, 4.69) is 24.1 Å². The van der Waals surface area contributed by atoms with Crippen molar-refractivity contribution in [2.75, 3.05) is 20.2 Å². The molecular weight excluding hydrogens is 326 g/mol. The Hall–Kier alpha value is -2.27. The first kappa shape index (κ1) is 18.5. The fourth-order valence-electron chi connectivity index (χ4n) is 3.55. The quantitative estimate of drug-likeness (QED) is 0.866. The number of hydrogen-bond donors (Lipinski definition) is 1. The van der Waals surface area contributed by atoms with Gasteiger partial charge < -0.3 is 19.5 Å². The predicted molar refractivity (Wildman–Crippen MR) is 104 cm³/mol. The molecule has 1 aliphatic heterocycles. The first-order valence-electron chi connectivity index (χ1n) is 9.40. The van der Waals surface area contributed by atoms with Gasteiger partial charge in [0.1, 0.15) is 11.4 Å². The van der Waals surface area contributed by atoms with E-state index in [4.69, 9.17) is 4.74 Å². The van der Waals surface area contributed by atoms with Crippen LogP contribution in [-0.4, -0.2) is 47.7 Å². The molecule has 1 fully saturated rings. The van der Waals surface area contributed by atoms with Crippen LogP contribution in [0.4, 0.5) is 0 Å². The zero-order valence-corrected chi connectivity index (χ0v) is 15.9. The monoisotopic (exact) mass is 355 g/mol. The molecule has 3 rings (SSSR count). The van der Waals surface area contributed by atoms with Gasteiger partial charge in [-0.2, -0.15) is 0 Å². The van der Waals surface area contributed by atoms with E-state index in [1.807, 2.05) is 47.2 Å². The summed E-state index contributed by atoms with van der Waals surface area (Å²) in [5.74, 6) is 0.846. The molecule has 0 radical (unpaired) electrons. The van der Waals surface area contributed by atoms with Crippen molar-refractivity contribution >= 4 is 5.91 Å². The molecular formula is C21H29N3O2. The van der Waals surface area contributed by atoms with Gasteiger partial charge in [-0.25, -0.2) is 0 Å². The number of aromatic nitrogens is 1. The molecule has 2 aromatic rings. The minimum absolute atomic E-state index is 0.0147. The summed E-state index contributed by atoms with van der Waals surface area (Å²) >= 11 is 0. The Bertz CT molecular complexity index is 730. The summed E-state index contributed by atoms with van der Waals surface area (Å²) in [5, 5.41) is 3.22. The maximum Gasteiger partial charge on any atom is 0.268 e. The normalized spacial score (nSPS) is 16.0. The van der Waals surface area contributed by atoms with Crippen molar-refractivity contribution in [3.8, 4) is 5.75 Å². The smallest absolute Gasteiger partial charge is 0.268 e. The van der Waals surface area contributed by atoms with Gasteiger partial charge in [0.15, 0.2) is 0 Å². The van der Waals surface area contributed by atoms with Crippen molar-refractivity contribution in [2.24, 2.45) is 0 Å². The Balaban J connectivity index is 1.62. The zero-order chi connectivity index (χ0) is 18.5. The molecule has 140 valence electrons. The number of amides is 1. The Morgan fingerprint density at radius 1 is 1.23 bits per heavy atom. The Kier molecular flexibility index (Phi) is 5.99. The summed E-state index contributed by atoms with van der Waals surface area (Å²) in [6.07, 6.45) is 3.98. The number of nitrogens with one attached hydrogen (secondary N) is 1. The van der Waals surface area contributed by atoms with E-state index in [1.165, 1.54) is 0 Å². The van der Waals surface area contributed by atoms with E-state index < -0.39 is 0 Å². The number of hydrogen-bond acceptors (Lipinski definition) is 3. The van der Waals surface area contributed by atoms with Crippen LogP contribution in [0.25, 0.3) is 0 Å². The first-order chi connectivity index (χ1) is 12.6. The van der Waals surface area contributed by atoms with E-state index >= 15 is 0 Å². The van der Waals surface area contributed by atoms with Crippen LogP contribution in [0.3, 0.4) is 0 Å². The van der Waals surface area contributed by atoms with Crippen molar-refractivity contribution in [1.29, 1.82) is 0 Å². The third-order valence-electron chi connectivity index (χ3n) is 5.14. The molecule has 26 heavy (non-hydrogen) atoms. The molecule has 0 bridgehead atoms. The van der Waals surface area contributed by atoms with Gasteiger partial charge in [0.25, 0.3) is 5.91 Å². The number of carbonyl (C=O) groups excluding carboxylic acids is 1. The largest absolute Gasteiger partial charge is 0.497 e. The van der Waals surface area contributed by atoms with E-state index in [0.29, 0.717) is 18.3 Å². The number of benzene rings is 1. The van der Waals surface area contributed by atoms with Crippen LogP contribution < -0.4 is 10.1 Å². The van der Waals surface area contributed by atoms with Crippen LogP contribution in [-0.2, 0) is 6.54 Å². The van der Waals surface area contributed by atoms with Crippen LogP contribution in [0.1, 0.15) is 42.7 Å². The van der Waals surface area contributed by atoms with Gasteiger partial charge in [0, 0.05) is 37.9 Å². The summed E-state index contributed by atoms with van der Waals surface area (Å²) in [7, 11) is 1.66. The van der Waals surface area contributed by atoms with Gasteiger partial charge in [-0.3, -0.25) is 4.79 Å². The standard InChI is InChI=1S/C21H29N3O2/c1-16(2)23-12-9-18(10-13-23)22-21(25)20-8-5-11-24(20)15-17-6-4-7-19(14-17)26-3/h4-8,11,14,16,18H,9-10,12-13,15H2,1-3H3,(H,22,25). The van der Waals surface area contributed by atoms with Gasteiger partial charge >= 0.3 is 0 Å². The van der Waals surface area contributed by atoms with Crippen LogP contribution >= 0.6 is 0 Å². The average molecular weight is 355 g/mol. The molecule has 0 unspecified atom stereocenters. The van der Waals surface area contributed by atoms with E-state index in [1.54, 1.807) is 7.11 Å². The van der Waals surface area contributed by atoms with Crippen LogP contribution in [0.2, 0.25) is 0 Å². The van der Waals surface area contributed by atoms with Crippen LogP contribution in [0.5, 0.6) is 5.75 Å². The SMILES string of the molecule is COc1cccc(Cn2cccc2C(=O)NC2CCN(C(C)C)CC2)c1. The molecule has 2 heterocycles. The molecule has 5 nitrogen and oxygen atoms in total. The fourth-order valence-corrected chi connectivity index (χ4v) is 3.55. The van der Waals surface area contributed by atoms with Gasteiger partial charge in [-0.05, 0) is 56.5 Å². The fraction of sp³-hybridized carbons (Fsp3) is 0.476. The Morgan fingerprint density at radius 3 is 2.69 bits per heavy atom. The number of methoxy groups -OCH3 is 1. The molecule has 1 aliphatic rings. The predicted octanol–water partition coefficient (Wildman–Crippen LogP) is 3.15. The lowest BCUT2D eigenvalue weighted by Gasteiger charge is -2.34. The van der Waals surface area contributed by atoms with Crippen molar-refractivity contribution in [3.63, 3.8) is 0 Å². The first-order valence-corrected chi connectivity index (χ1v) is 9.40. The highest BCUT2D eigenvalue weighted by Gasteiger charge is 2.23. The zero-order valence-electron chi connectivity index (χ0n) is 15.9. The number of ether oxygens (including phenoxy) is 1. The number of carbonyl (C=O) groups is 1. The lowest BCUT2D eigenvalue weighted by molar-refractivity contribution is 0.0892. The van der Waals surface area contributed by atoms with E-state index in [9.17, 15) is 4.79 Å². The van der Waals surface area contributed by atoms with Gasteiger partial charge in [-0.15, -0.1) is 0 Å². The molecule has 1 N–H and O–H groups in total. The molecule has 1 aromatic heterocycles. The minimum atomic E-state index is 0.0147. The van der Waals surface area contributed by atoms with E-state index in [0.717, 1.165) is 37.2 Å². The molecule has 0 spiro atoms. The number of piperidine rings is 1. The van der Waals surface area contributed by atoms with E-state index in [-0.39, 0.29) is 11.9 Å². The van der Waals surface area contributed by atoms with Crippen LogP contribution in [0, 0.1) is 0 Å². The molecule has 5 heteroatoms. The van der Waals surface area contributed by atoms with Gasteiger partial charge in [-0.1, -0.05) is 12.1 Å². The molecule has 0 saturated carbocycles. The van der Waals surface area contributed by atoms with Crippen molar-refractivity contribution in [2.45, 2.75) is 45.3 Å². The number of likely N-dealkylation sites (tertiary alicyclic amines) is 1. The van der Waals surface area contributed by atoms with Gasteiger partial charge in [0.05, 0.1) is 7.11 Å². The third kappa shape index (κ3) is 4.47. The lowest BCUT2D eigenvalue weighted by Crippen LogP contribution is -2.46. The van der Waals surface area contributed by atoms with Crippen molar-refractivity contribution in [1.82, 2.24) is 14.8 Å². The van der Waals surface area contributed by atoms with Crippen LogP contribution in [0.15, 0.2) is 42.6 Å². The minimum Gasteiger partial charge on any atom is -0.497 e. The molecule has 1 amide bonds. The second kappa shape index (κ2) is 8.41. The molecule has 1 saturated heterocycles. The third-order valence-corrected chi connectivity index (χ3v) is 5.14. The summed E-state index contributed by atoms with van der Waals surface area (Å²) in [6, 6.07) is 12.6. The van der Waals surface area contributed by atoms with Crippen molar-refractivity contribution < 1.29 is 9.53 Å². The topological polar surface area (TPSA) is 46.5 Å². The summed E-state index contributed by atoms with van der Waals surface area (Å²) in [5.41, 5.74) is 1.82. The highest BCUT2D eigenvalue weighted by Crippen LogP contribution is 2.16. The second-order valence-corrected chi connectivity index (χ2v) is 7.25. The summed E-state index contributed by atoms with van der Waals surface area (Å²) in [6.45, 7) is 7.20. The number of rotatable bonds is 6. The molecule has 1 aromatic carbocycles. The Morgan fingerprint density at radius 2 is 2.00 bits per heavy atom. The Labute approximate surface area is 156 Å². The highest BCUT2D eigenvalue weighted by atomic mass is 16.5. The van der Waals surface area contributed by atoms with Gasteiger partial charge in [0.2, 0.25) is 0 Å². The number of nitrogens with zero attached hydrogens (tertiary/aromatic N) is 2. The summed E-state index contributed by atoms with van der Waals surface area (Å²) in [4.78, 5) is 15.2. The molecule has 0 aliphatic carbocycles. The summed E-state index contributed by atoms with van der Waals surface area (Å²) < 4.78 is 7.28. The maximum atomic E-state index is 12.8.